The van der Waals surface area contributed by atoms with E-state index in [-0.39, 0.29) is 17.0 Å². The Hall–Kier alpha value is -1.51. The molecule has 8 heteroatoms. The van der Waals surface area contributed by atoms with Crippen molar-refractivity contribution < 1.29 is 18.4 Å². The van der Waals surface area contributed by atoms with Crippen molar-refractivity contribution in [3.05, 3.63) is 33.9 Å². The summed E-state index contributed by atoms with van der Waals surface area (Å²) < 4.78 is 25.0. The van der Waals surface area contributed by atoms with Crippen LogP contribution >= 0.6 is 0 Å². The number of nitro benzene ring substituents is 1. The van der Waals surface area contributed by atoms with E-state index in [1.807, 2.05) is 6.92 Å². The maximum Gasteiger partial charge on any atom is 0.274 e. The van der Waals surface area contributed by atoms with Crippen LogP contribution in [0.3, 0.4) is 0 Å². The van der Waals surface area contributed by atoms with Gasteiger partial charge in [-0.3, -0.25) is 10.1 Å². The molecule has 0 heterocycles. The maximum absolute atomic E-state index is 12.0. The van der Waals surface area contributed by atoms with Crippen LogP contribution in [0.2, 0.25) is 0 Å². The third kappa shape index (κ3) is 4.23. The first-order chi connectivity index (χ1) is 9.70. The Morgan fingerprint density at radius 1 is 1.38 bits per heavy atom. The summed E-state index contributed by atoms with van der Waals surface area (Å²) in [5.41, 5.74) is 0.0479. The largest absolute Gasteiger partial charge is 0.393 e. The smallest absolute Gasteiger partial charge is 0.274 e. The second kappa shape index (κ2) is 6.97. The average molecular weight is 316 g/mol. The van der Waals surface area contributed by atoms with Crippen LogP contribution in [0, 0.1) is 10.1 Å². The minimum atomic E-state index is -3.72. The molecule has 1 aromatic rings. The standard InChI is InChI=1S/C13H20N2O5S/c1-4-5-11(16)8-10-6-7-12(9-13(10)15(17)18)21(19,20)14(2)3/h6-7,9,11,16H,4-5,8H2,1-3H3. The highest BCUT2D eigenvalue weighted by Gasteiger charge is 2.23. The number of hydrogen-bond acceptors (Lipinski definition) is 5. The Balaban J connectivity index is 3.23. The van der Waals surface area contributed by atoms with Crippen molar-refractivity contribution in [1.29, 1.82) is 0 Å². The lowest BCUT2D eigenvalue weighted by atomic mass is 10.0. The van der Waals surface area contributed by atoms with E-state index in [2.05, 4.69) is 0 Å². The number of nitrogens with zero attached hydrogens (tertiary/aromatic N) is 2. The lowest BCUT2D eigenvalue weighted by Crippen LogP contribution is -2.22. The van der Waals surface area contributed by atoms with Crippen molar-refractivity contribution in [3.63, 3.8) is 0 Å². The predicted octanol–water partition coefficient (Wildman–Crippen LogP) is 1.55. The van der Waals surface area contributed by atoms with Crippen LogP contribution < -0.4 is 0 Å². The van der Waals surface area contributed by atoms with Gasteiger partial charge in [-0.1, -0.05) is 19.4 Å². The summed E-state index contributed by atoms with van der Waals surface area (Å²) in [4.78, 5) is 10.4. The number of hydrogen-bond donors (Lipinski definition) is 1. The zero-order valence-electron chi connectivity index (χ0n) is 12.3. The molecule has 0 aliphatic rings. The van der Waals surface area contributed by atoms with Crippen molar-refractivity contribution >= 4 is 15.7 Å². The van der Waals surface area contributed by atoms with Crippen LogP contribution in [0.1, 0.15) is 25.3 Å². The fourth-order valence-corrected chi connectivity index (χ4v) is 2.87. The number of sulfonamides is 1. The average Bonchev–Trinajstić information content (AvgIpc) is 2.38. The van der Waals surface area contributed by atoms with Gasteiger partial charge in [0.05, 0.1) is 15.9 Å². The van der Waals surface area contributed by atoms with Crippen LogP contribution in [0.4, 0.5) is 5.69 Å². The molecule has 0 amide bonds. The second-order valence-electron chi connectivity index (χ2n) is 4.98. The summed E-state index contributed by atoms with van der Waals surface area (Å²) in [6.45, 7) is 1.91. The predicted molar refractivity (Wildman–Crippen MR) is 78.6 cm³/mol. The van der Waals surface area contributed by atoms with Crippen LogP contribution in [0.25, 0.3) is 0 Å². The summed E-state index contributed by atoms with van der Waals surface area (Å²) in [5.74, 6) is 0. The molecule has 1 unspecified atom stereocenters. The van der Waals surface area contributed by atoms with Gasteiger partial charge >= 0.3 is 0 Å². The van der Waals surface area contributed by atoms with E-state index in [9.17, 15) is 23.6 Å². The maximum atomic E-state index is 12.0. The van der Waals surface area contributed by atoms with Crippen LogP contribution in [0.15, 0.2) is 23.1 Å². The number of aliphatic hydroxyl groups is 1. The van der Waals surface area contributed by atoms with E-state index in [0.29, 0.717) is 12.0 Å². The SMILES string of the molecule is CCCC(O)Cc1ccc(S(=O)(=O)N(C)C)cc1[N+](=O)[O-]. The molecular formula is C13H20N2O5S. The van der Waals surface area contributed by atoms with E-state index in [1.54, 1.807) is 0 Å². The fourth-order valence-electron chi connectivity index (χ4n) is 1.95. The lowest BCUT2D eigenvalue weighted by Gasteiger charge is -2.13. The van der Waals surface area contributed by atoms with Crippen molar-refractivity contribution in [1.82, 2.24) is 4.31 Å². The Bertz CT molecular complexity index is 613. The molecule has 0 aliphatic carbocycles. The molecule has 0 bridgehead atoms. The molecular weight excluding hydrogens is 296 g/mol. The van der Waals surface area contributed by atoms with Gasteiger partial charge in [0.15, 0.2) is 0 Å². The Morgan fingerprint density at radius 2 is 2.00 bits per heavy atom. The summed E-state index contributed by atoms with van der Waals surface area (Å²) >= 11 is 0. The van der Waals surface area contributed by atoms with Gasteiger partial charge in [0.1, 0.15) is 0 Å². The van der Waals surface area contributed by atoms with Gasteiger partial charge in [-0.25, -0.2) is 12.7 Å². The normalized spacial score (nSPS) is 13.4. The summed E-state index contributed by atoms with van der Waals surface area (Å²) in [5, 5.41) is 20.9. The fraction of sp³-hybridized carbons (Fsp3) is 0.538. The zero-order chi connectivity index (χ0) is 16.2. The highest BCUT2D eigenvalue weighted by molar-refractivity contribution is 7.89. The number of rotatable bonds is 7. The Morgan fingerprint density at radius 3 is 2.48 bits per heavy atom. The molecule has 118 valence electrons. The topological polar surface area (TPSA) is 101 Å². The van der Waals surface area contributed by atoms with Gasteiger partial charge in [0, 0.05) is 32.1 Å². The minimum absolute atomic E-state index is 0.131. The molecule has 1 aromatic carbocycles. The molecule has 1 rings (SSSR count). The van der Waals surface area contributed by atoms with Crippen LogP contribution in [-0.4, -0.2) is 43.0 Å². The van der Waals surface area contributed by atoms with Crippen LogP contribution in [-0.2, 0) is 16.4 Å². The van der Waals surface area contributed by atoms with Crippen LogP contribution in [0.5, 0.6) is 0 Å². The summed E-state index contributed by atoms with van der Waals surface area (Å²) in [7, 11) is -1.000. The summed E-state index contributed by atoms with van der Waals surface area (Å²) in [6.07, 6.45) is 0.758. The third-order valence-corrected chi connectivity index (χ3v) is 4.92. The van der Waals surface area contributed by atoms with Crippen molar-refractivity contribution in [2.75, 3.05) is 14.1 Å². The third-order valence-electron chi connectivity index (χ3n) is 3.11. The lowest BCUT2D eigenvalue weighted by molar-refractivity contribution is -0.385. The monoisotopic (exact) mass is 316 g/mol. The minimum Gasteiger partial charge on any atom is -0.393 e. The molecule has 7 nitrogen and oxygen atoms in total. The molecule has 1 atom stereocenters. The first kappa shape index (κ1) is 17.5. The Kier molecular flexibility index (Phi) is 5.82. The molecule has 1 N–H and O–H groups in total. The van der Waals surface area contributed by atoms with Gasteiger partial charge in [-0.05, 0) is 12.5 Å². The zero-order valence-corrected chi connectivity index (χ0v) is 13.1. The van der Waals surface area contributed by atoms with Gasteiger partial charge in [0.25, 0.3) is 5.69 Å². The molecule has 0 fully saturated rings. The van der Waals surface area contributed by atoms with Gasteiger partial charge in [-0.15, -0.1) is 0 Å². The highest BCUT2D eigenvalue weighted by atomic mass is 32.2. The molecule has 21 heavy (non-hydrogen) atoms. The van der Waals surface area contributed by atoms with E-state index in [4.69, 9.17) is 0 Å². The van der Waals surface area contributed by atoms with E-state index in [0.717, 1.165) is 16.8 Å². The summed E-state index contributed by atoms with van der Waals surface area (Å²) in [6, 6.07) is 3.77. The van der Waals surface area contributed by atoms with E-state index in [1.165, 1.54) is 26.2 Å². The first-order valence-electron chi connectivity index (χ1n) is 6.58. The quantitative estimate of drug-likeness (QED) is 0.607. The highest BCUT2D eigenvalue weighted by Crippen LogP contribution is 2.26. The molecule has 0 saturated carbocycles. The molecule has 0 aromatic heterocycles. The van der Waals surface area contributed by atoms with Crippen molar-refractivity contribution in [3.8, 4) is 0 Å². The van der Waals surface area contributed by atoms with E-state index >= 15 is 0 Å². The van der Waals surface area contributed by atoms with Gasteiger partial charge in [-0.2, -0.15) is 0 Å². The number of nitro groups is 1. The molecule has 0 radical (unpaired) electrons. The molecule has 0 aliphatic heterocycles. The Labute approximate surface area is 124 Å². The first-order valence-corrected chi connectivity index (χ1v) is 8.02. The van der Waals surface area contributed by atoms with Gasteiger partial charge < -0.3 is 5.11 Å². The van der Waals surface area contributed by atoms with Crippen molar-refractivity contribution in [2.24, 2.45) is 0 Å². The molecule has 0 saturated heterocycles. The number of benzene rings is 1. The van der Waals surface area contributed by atoms with E-state index < -0.39 is 21.1 Å². The van der Waals surface area contributed by atoms with Crippen molar-refractivity contribution in [2.45, 2.75) is 37.2 Å². The second-order valence-corrected chi connectivity index (χ2v) is 7.13. The van der Waals surface area contributed by atoms with Gasteiger partial charge in [0.2, 0.25) is 10.0 Å². The molecule has 0 spiro atoms. The number of aliphatic hydroxyl groups excluding tert-OH is 1.